The van der Waals surface area contributed by atoms with Crippen LogP contribution >= 0.6 is 0 Å². The Hall–Kier alpha value is -3.29. The van der Waals surface area contributed by atoms with Crippen molar-refractivity contribution in [3.8, 4) is 5.69 Å². The van der Waals surface area contributed by atoms with Gasteiger partial charge in [-0.3, -0.25) is 0 Å². The molecule has 1 N–H and O–H groups in total. The number of nitrogens with one attached hydrogen (secondary N) is 1. The summed E-state index contributed by atoms with van der Waals surface area (Å²) in [6, 6.07) is 14.2. The third-order valence-corrected chi connectivity index (χ3v) is 5.19. The van der Waals surface area contributed by atoms with E-state index in [1.165, 1.54) is 12.1 Å². The predicted molar refractivity (Wildman–Crippen MR) is 98.9 cm³/mol. The van der Waals surface area contributed by atoms with Gasteiger partial charge in [0.2, 0.25) is 5.52 Å². The lowest BCUT2D eigenvalue weighted by Gasteiger charge is -2.33. The van der Waals surface area contributed by atoms with Gasteiger partial charge in [0.05, 0.1) is 11.3 Å². The van der Waals surface area contributed by atoms with Crippen molar-refractivity contribution in [1.29, 1.82) is 0 Å². The van der Waals surface area contributed by atoms with Crippen LogP contribution in [0.15, 0.2) is 59.4 Å². The molecule has 0 atom stereocenters. The fraction of sp³-hybridized carbons (Fsp3) is 0.200. The van der Waals surface area contributed by atoms with E-state index in [1.54, 1.807) is 4.52 Å². The van der Waals surface area contributed by atoms with Gasteiger partial charge in [0.1, 0.15) is 0 Å². The lowest BCUT2D eigenvalue weighted by molar-refractivity contribution is -0.555. The molecule has 3 heterocycles. The number of halogens is 3. The minimum atomic E-state index is -4.48. The normalized spacial score (nSPS) is 14.6. The zero-order chi connectivity index (χ0) is 19.5. The maximum absolute atomic E-state index is 13.1. The Morgan fingerprint density at radius 2 is 1.75 bits per heavy atom. The molecule has 0 radical (unpaired) electrons. The molecular formula is C20H16F3N4O+. The Labute approximate surface area is 157 Å². The quantitative estimate of drug-likeness (QED) is 0.539. The summed E-state index contributed by atoms with van der Waals surface area (Å²) in [6.45, 7) is 1.85. The van der Waals surface area contributed by atoms with E-state index in [0.717, 1.165) is 52.9 Å². The van der Waals surface area contributed by atoms with Gasteiger partial charge in [0.15, 0.2) is 11.2 Å². The number of rotatable bonds is 2. The van der Waals surface area contributed by atoms with Gasteiger partial charge in [-0.2, -0.15) is 13.2 Å². The third-order valence-electron chi connectivity index (χ3n) is 5.19. The molecule has 4 aromatic rings. The number of aromatic amines is 1. The Morgan fingerprint density at radius 3 is 2.46 bits per heavy atom. The van der Waals surface area contributed by atoms with Crippen LogP contribution in [0.3, 0.4) is 0 Å². The van der Waals surface area contributed by atoms with E-state index in [2.05, 4.69) is 10.1 Å². The highest BCUT2D eigenvalue weighted by Crippen LogP contribution is 2.31. The van der Waals surface area contributed by atoms with Crippen LogP contribution in [-0.4, -0.2) is 23.0 Å². The van der Waals surface area contributed by atoms with Crippen LogP contribution in [0.4, 0.5) is 18.9 Å². The Bertz CT molecular complexity index is 1270. The van der Waals surface area contributed by atoms with Gasteiger partial charge in [-0.15, -0.1) is 4.52 Å². The van der Waals surface area contributed by atoms with E-state index < -0.39 is 17.3 Å². The van der Waals surface area contributed by atoms with Crippen LogP contribution in [0.5, 0.6) is 0 Å². The molecule has 0 bridgehead atoms. The summed E-state index contributed by atoms with van der Waals surface area (Å²) in [5.74, 6) is 0. The molecule has 142 valence electrons. The Morgan fingerprint density at radius 1 is 0.964 bits per heavy atom. The van der Waals surface area contributed by atoms with Crippen molar-refractivity contribution >= 4 is 22.1 Å². The molecule has 0 unspecified atom stereocenters. The molecule has 1 saturated heterocycles. The summed E-state index contributed by atoms with van der Waals surface area (Å²) < 4.78 is 42.0. The number of anilines is 1. The number of hydrogen-bond acceptors (Lipinski definition) is 2. The second-order valence-electron chi connectivity index (χ2n) is 6.90. The van der Waals surface area contributed by atoms with Crippen molar-refractivity contribution in [2.75, 3.05) is 18.0 Å². The van der Waals surface area contributed by atoms with Crippen molar-refractivity contribution in [1.82, 2.24) is 9.90 Å². The molecule has 0 saturated carbocycles. The van der Waals surface area contributed by atoms with Crippen LogP contribution in [0.25, 0.3) is 22.1 Å². The number of fused-ring (bicyclic) bond motifs is 3. The molecule has 5 rings (SSSR count). The van der Waals surface area contributed by atoms with E-state index >= 15 is 0 Å². The molecule has 28 heavy (non-hydrogen) atoms. The molecule has 1 aliphatic heterocycles. The largest absolute Gasteiger partial charge is 0.416 e. The molecule has 5 nitrogen and oxygen atoms in total. The summed E-state index contributed by atoms with van der Waals surface area (Å²) in [6.07, 6.45) is -3.38. The first-order chi connectivity index (χ1) is 13.4. The number of hydrogen-bond donors (Lipinski definition) is 1. The second-order valence-corrected chi connectivity index (χ2v) is 6.90. The summed E-state index contributed by atoms with van der Waals surface area (Å²) >= 11 is 0. The maximum atomic E-state index is 13.1. The molecular weight excluding hydrogens is 369 g/mol. The average Bonchev–Trinajstić information content (AvgIpc) is 2.97. The monoisotopic (exact) mass is 385 g/mol. The summed E-state index contributed by atoms with van der Waals surface area (Å²) in [5.41, 5.74) is 1.09. The van der Waals surface area contributed by atoms with Crippen LogP contribution in [0.1, 0.15) is 12.0 Å². The van der Waals surface area contributed by atoms with Crippen molar-refractivity contribution in [2.45, 2.75) is 12.6 Å². The van der Waals surface area contributed by atoms with E-state index in [-0.39, 0.29) is 5.69 Å². The van der Waals surface area contributed by atoms with Gasteiger partial charge < -0.3 is 4.90 Å². The molecule has 1 aliphatic rings. The molecule has 0 spiro atoms. The van der Waals surface area contributed by atoms with Crippen molar-refractivity contribution in [3.05, 3.63) is 70.5 Å². The number of nitrogens with zero attached hydrogens (tertiary/aromatic N) is 3. The zero-order valence-electron chi connectivity index (χ0n) is 14.7. The fourth-order valence-corrected chi connectivity index (χ4v) is 3.63. The number of benzene rings is 2. The van der Waals surface area contributed by atoms with Gasteiger partial charge in [-0.05, 0) is 36.8 Å². The summed E-state index contributed by atoms with van der Waals surface area (Å²) in [4.78, 5) is 15.2. The standard InChI is InChI=1S/C20H15F3N4O/c21-20(22,23)13-5-3-6-14(11-13)26-19(28)18-12-17(25-9-4-10-25)15-7-1-2-8-16(15)27(18)24-26/h1-3,5-8,11-12H,4,9-10H2/p+1. The molecule has 2 aromatic heterocycles. The van der Waals surface area contributed by atoms with Gasteiger partial charge in [0, 0.05) is 24.5 Å². The molecule has 0 aliphatic carbocycles. The predicted octanol–water partition coefficient (Wildman–Crippen LogP) is 3.29. The van der Waals surface area contributed by atoms with Crippen LogP contribution in [0, 0.1) is 0 Å². The highest BCUT2D eigenvalue weighted by Gasteiger charge is 2.32. The first-order valence-corrected chi connectivity index (χ1v) is 8.94. The Kier molecular flexibility index (Phi) is 3.52. The SMILES string of the molecule is O=c1c2cc(N3CCC3)c3ccccc3[n+]2[nH]n1-c1cccc(C(F)(F)F)c1. The third kappa shape index (κ3) is 2.48. The van der Waals surface area contributed by atoms with Crippen LogP contribution in [-0.2, 0) is 6.18 Å². The molecule has 8 heteroatoms. The average molecular weight is 385 g/mol. The lowest BCUT2D eigenvalue weighted by Crippen LogP contribution is -2.38. The highest BCUT2D eigenvalue weighted by molar-refractivity contribution is 5.91. The minimum Gasteiger partial charge on any atom is -0.371 e. The summed E-state index contributed by atoms with van der Waals surface area (Å²) in [7, 11) is 0. The number of pyridine rings is 1. The van der Waals surface area contributed by atoms with Crippen LogP contribution < -0.4 is 15.0 Å². The maximum Gasteiger partial charge on any atom is 0.416 e. The van der Waals surface area contributed by atoms with Gasteiger partial charge >= 0.3 is 11.7 Å². The minimum absolute atomic E-state index is 0.137. The van der Waals surface area contributed by atoms with Crippen molar-refractivity contribution < 1.29 is 17.7 Å². The van der Waals surface area contributed by atoms with E-state index in [1.807, 2.05) is 30.3 Å². The number of alkyl halides is 3. The number of para-hydroxylation sites is 1. The van der Waals surface area contributed by atoms with Gasteiger partial charge in [0.25, 0.3) is 0 Å². The lowest BCUT2D eigenvalue weighted by atomic mass is 10.1. The summed E-state index contributed by atoms with van der Waals surface area (Å²) in [5, 5.41) is 3.92. The smallest absolute Gasteiger partial charge is 0.371 e. The van der Waals surface area contributed by atoms with Crippen LogP contribution in [0.2, 0.25) is 0 Å². The zero-order valence-corrected chi connectivity index (χ0v) is 14.7. The topological polar surface area (TPSA) is 45.1 Å². The first-order valence-electron chi connectivity index (χ1n) is 8.94. The Balaban J connectivity index is 1.78. The van der Waals surface area contributed by atoms with Gasteiger partial charge in [-0.1, -0.05) is 28.1 Å². The fourth-order valence-electron chi connectivity index (χ4n) is 3.63. The van der Waals surface area contributed by atoms with Crippen molar-refractivity contribution in [3.63, 3.8) is 0 Å². The number of aromatic nitrogens is 3. The van der Waals surface area contributed by atoms with E-state index in [9.17, 15) is 18.0 Å². The molecule has 2 aromatic carbocycles. The first kappa shape index (κ1) is 16.9. The highest BCUT2D eigenvalue weighted by atomic mass is 19.4. The van der Waals surface area contributed by atoms with E-state index in [0.29, 0.717) is 5.52 Å². The van der Waals surface area contributed by atoms with Crippen molar-refractivity contribution in [2.24, 2.45) is 0 Å². The second kappa shape index (κ2) is 5.85. The molecule has 1 fully saturated rings. The number of H-pyrrole nitrogens is 1. The van der Waals surface area contributed by atoms with Gasteiger partial charge in [-0.25, -0.2) is 4.79 Å². The molecule has 0 amide bonds. The van der Waals surface area contributed by atoms with E-state index in [4.69, 9.17) is 0 Å².